The van der Waals surface area contributed by atoms with Gasteiger partial charge in [0.25, 0.3) is 0 Å². The average Bonchev–Trinajstić information content (AvgIpc) is 3.21. The minimum absolute atomic E-state index is 0. The molecule has 0 aliphatic rings. The number of hydrogen-bond donors (Lipinski definition) is 2. The quantitative estimate of drug-likeness (QED) is 0.290. The SMILES string of the molecule is Cc1ccnc(Nc2cccc(-c3cnc(N(C)CCC/C=C(/F)C(=O)O)s3)n2)c1.Cl.Cl. The van der Waals surface area contributed by atoms with Gasteiger partial charge in [-0.1, -0.05) is 17.4 Å². The van der Waals surface area contributed by atoms with Gasteiger partial charge < -0.3 is 15.3 Å². The van der Waals surface area contributed by atoms with Crippen molar-refractivity contribution in [1.82, 2.24) is 15.0 Å². The van der Waals surface area contributed by atoms with Crippen molar-refractivity contribution in [3.8, 4) is 10.6 Å². The summed E-state index contributed by atoms with van der Waals surface area (Å²) in [7, 11) is 1.90. The topological polar surface area (TPSA) is 91.2 Å². The number of aliphatic carboxylic acids is 1. The Hall–Kier alpha value is -2.75. The Balaban J connectivity index is 0.00000256. The average molecular weight is 500 g/mol. The number of aryl methyl sites for hydroxylation is 1. The number of unbranched alkanes of at least 4 members (excludes halogenated alkanes) is 1. The standard InChI is InChI=1S/C21H22FN5O2S.2ClH/c1-14-9-10-23-19(12-14)26-18-8-5-7-16(25-18)17-13-24-21(30-17)27(2)11-4-3-6-15(22)20(28)29;;/h5-10,12-13H,3-4,11H2,1-2H3,(H,28,29)(H,23,25,26);2*1H/b15-6+;;. The second-order valence-electron chi connectivity index (χ2n) is 6.68. The van der Waals surface area contributed by atoms with Crippen LogP contribution in [0.2, 0.25) is 0 Å². The van der Waals surface area contributed by atoms with Crippen LogP contribution in [-0.4, -0.2) is 39.6 Å². The predicted molar refractivity (Wildman–Crippen MR) is 131 cm³/mol. The summed E-state index contributed by atoms with van der Waals surface area (Å²) in [5.41, 5.74) is 1.91. The summed E-state index contributed by atoms with van der Waals surface area (Å²) in [4.78, 5) is 26.7. The summed E-state index contributed by atoms with van der Waals surface area (Å²) in [5.74, 6) is -1.22. The monoisotopic (exact) mass is 499 g/mol. The zero-order valence-electron chi connectivity index (χ0n) is 17.5. The number of nitrogens with one attached hydrogen (secondary N) is 1. The zero-order valence-corrected chi connectivity index (χ0v) is 19.9. The molecule has 3 heterocycles. The van der Waals surface area contributed by atoms with Gasteiger partial charge in [0.1, 0.15) is 11.6 Å². The number of thiazole rings is 1. The molecule has 0 amide bonds. The summed E-state index contributed by atoms with van der Waals surface area (Å²) in [5, 5.41) is 12.5. The lowest BCUT2D eigenvalue weighted by atomic mass is 10.2. The number of pyridine rings is 2. The van der Waals surface area contributed by atoms with E-state index in [1.54, 1.807) is 12.4 Å². The molecule has 0 spiro atoms. The van der Waals surface area contributed by atoms with Gasteiger partial charge in [-0.05, 0) is 55.7 Å². The maximum absolute atomic E-state index is 13.0. The normalized spacial score (nSPS) is 10.7. The lowest BCUT2D eigenvalue weighted by molar-refractivity contribution is -0.134. The molecule has 0 unspecified atom stereocenters. The predicted octanol–water partition coefficient (Wildman–Crippen LogP) is 5.65. The van der Waals surface area contributed by atoms with Gasteiger partial charge in [0.2, 0.25) is 5.83 Å². The van der Waals surface area contributed by atoms with Gasteiger partial charge in [0, 0.05) is 26.0 Å². The van der Waals surface area contributed by atoms with Gasteiger partial charge in [0.05, 0.1) is 10.6 Å². The third kappa shape index (κ3) is 7.74. The van der Waals surface area contributed by atoms with Gasteiger partial charge >= 0.3 is 5.97 Å². The molecule has 7 nitrogen and oxygen atoms in total. The molecule has 0 saturated carbocycles. The molecule has 0 saturated heterocycles. The van der Waals surface area contributed by atoms with Crippen LogP contribution in [0.4, 0.5) is 21.2 Å². The van der Waals surface area contributed by atoms with Crippen molar-refractivity contribution in [1.29, 1.82) is 0 Å². The fourth-order valence-electron chi connectivity index (χ4n) is 2.68. The molecule has 2 N–H and O–H groups in total. The van der Waals surface area contributed by atoms with Crippen LogP contribution >= 0.6 is 36.2 Å². The van der Waals surface area contributed by atoms with E-state index in [0.717, 1.165) is 33.2 Å². The van der Waals surface area contributed by atoms with Gasteiger partial charge in [-0.25, -0.2) is 19.7 Å². The fraction of sp³-hybridized carbons (Fsp3) is 0.238. The van der Waals surface area contributed by atoms with Crippen molar-refractivity contribution in [2.75, 3.05) is 23.8 Å². The largest absolute Gasteiger partial charge is 0.476 e. The number of aromatic nitrogens is 3. The number of nitrogens with zero attached hydrogens (tertiary/aromatic N) is 4. The third-order valence-electron chi connectivity index (χ3n) is 4.22. The molecule has 172 valence electrons. The molecular weight excluding hydrogens is 476 g/mol. The third-order valence-corrected chi connectivity index (χ3v) is 5.35. The first-order chi connectivity index (χ1) is 14.4. The molecule has 3 aromatic heterocycles. The molecular formula is C21H24Cl2FN5O2S. The summed E-state index contributed by atoms with van der Waals surface area (Å²) < 4.78 is 13.0. The van der Waals surface area contributed by atoms with Gasteiger partial charge in [-0.3, -0.25) is 0 Å². The van der Waals surface area contributed by atoms with Crippen LogP contribution in [0.5, 0.6) is 0 Å². The fourth-order valence-corrected chi connectivity index (χ4v) is 3.55. The first-order valence-corrected chi connectivity index (χ1v) is 10.2. The van der Waals surface area contributed by atoms with E-state index >= 15 is 0 Å². The summed E-state index contributed by atoms with van der Waals surface area (Å²) in [6, 6.07) is 9.61. The molecule has 0 aliphatic carbocycles. The molecule has 0 aromatic carbocycles. The van der Waals surface area contributed by atoms with Crippen molar-refractivity contribution < 1.29 is 14.3 Å². The lowest BCUT2D eigenvalue weighted by Gasteiger charge is -2.14. The Morgan fingerprint density at radius 3 is 2.75 bits per heavy atom. The van der Waals surface area contributed by atoms with Crippen molar-refractivity contribution >= 4 is 58.9 Å². The van der Waals surface area contributed by atoms with E-state index in [9.17, 15) is 9.18 Å². The molecule has 0 aliphatic heterocycles. The first kappa shape index (κ1) is 27.3. The maximum atomic E-state index is 13.0. The Labute approximate surface area is 202 Å². The molecule has 0 radical (unpaired) electrons. The van der Waals surface area contributed by atoms with Gasteiger partial charge in [-0.2, -0.15) is 4.39 Å². The minimum Gasteiger partial charge on any atom is -0.476 e. The molecule has 3 rings (SSSR count). The maximum Gasteiger partial charge on any atom is 0.364 e. The number of halogens is 3. The van der Waals surface area contributed by atoms with E-state index in [-0.39, 0.29) is 24.8 Å². The van der Waals surface area contributed by atoms with Crippen LogP contribution in [0.25, 0.3) is 10.6 Å². The molecule has 3 aromatic rings. The zero-order chi connectivity index (χ0) is 21.5. The van der Waals surface area contributed by atoms with Gasteiger partial charge in [-0.15, -0.1) is 24.8 Å². The molecule has 0 atom stereocenters. The number of carbonyl (C=O) groups is 1. The molecule has 0 fully saturated rings. The number of rotatable bonds is 9. The van der Waals surface area contributed by atoms with E-state index < -0.39 is 11.8 Å². The van der Waals surface area contributed by atoms with Crippen LogP contribution in [-0.2, 0) is 4.79 Å². The first-order valence-electron chi connectivity index (χ1n) is 9.35. The highest BCUT2D eigenvalue weighted by Gasteiger charge is 2.11. The second-order valence-corrected chi connectivity index (χ2v) is 7.69. The number of hydrogen-bond acceptors (Lipinski definition) is 7. The smallest absolute Gasteiger partial charge is 0.364 e. The van der Waals surface area contributed by atoms with E-state index in [2.05, 4.69) is 20.3 Å². The summed E-state index contributed by atoms with van der Waals surface area (Å²) in [6.45, 7) is 2.63. The number of carboxylic acids is 1. The highest BCUT2D eigenvalue weighted by atomic mass is 35.5. The van der Waals surface area contributed by atoms with Crippen LogP contribution < -0.4 is 10.2 Å². The molecule has 0 bridgehead atoms. The summed E-state index contributed by atoms with van der Waals surface area (Å²) >= 11 is 1.51. The Bertz CT molecular complexity index is 1060. The Morgan fingerprint density at radius 2 is 2.03 bits per heavy atom. The van der Waals surface area contributed by atoms with E-state index in [4.69, 9.17) is 5.11 Å². The molecule has 32 heavy (non-hydrogen) atoms. The van der Waals surface area contributed by atoms with Crippen LogP contribution in [0, 0.1) is 6.92 Å². The highest BCUT2D eigenvalue weighted by Crippen LogP contribution is 2.30. The van der Waals surface area contributed by atoms with Crippen LogP contribution in [0.1, 0.15) is 18.4 Å². The van der Waals surface area contributed by atoms with Crippen LogP contribution in [0.3, 0.4) is 0 Å². The number of carboxylic acid groups (broad SMARTS) is 1. The number of anilines is 3. The van der Waals surface area contributed by atoms with E-state index in [0.29, 0.717) is 25.2 Å². The van der Waals surface area contributed by atoms with Gasteiger partial charge in [0.15, 0.2) is 5.13 Å². The van der Waals surface area contributed by atoms with Crippen molar-refractivity contribution in [2.45, 2.75) is 19.8 Å². The molecule has 11 heteroatoms. The van der Waals surface area contributed by atoms with Crippen molar-refractivity contribution in [2.24, 2.45) is 0 Å². The van der Waals surface area contributed by atoms with Crippen molar-refractivity contribution in [3.63, 3.8) is 0 Å². The highest BCUT2D eigenvalue weighted by molar-refractivity contribution is 7.18. The van der Waals surface area contributed by atoms with E-state index in [1.165, 1.54) is 11.3 Å². The summed E-state index contributed by atoms with van der Waals surface area (Å²) in [6.07, 6.45) is 5.58. The Kier molecular flexibility index (Phi) is 11.0. The minimum atomic E-state index is -1.53. The van der Waals surface area contributed by atoms with E-state index in [1.807, 2.05) is 49.2 Å². The second kappa shape index (κ2) is 12.9. The lowest BCUT2D eigenvalue weighted by Crippen LogP contribution is -2.17. The van der Waals surface area contributed by atoms with Crippen LogP contribution in [0.15, 0.2) is 54.6 Å². The Morgan fingerprint density at radius 1 is 1.25 bits per heavy atom. The van der Waals surface area contributed by atoms with Crippen molar-refractivity contribution in [3.05, 3.63) is 60.2 Å². The number of allylic oxidation sites excluding steroid dienone is 1.